The van der Waals surface area contributed by atoms with Crippen LogP contribution in [0.3, 0.4) is 0 Å². The van der Waals surface area contributed by atoms with Crippen LogP contribution in [-0.2, 0) is 61.3 Å². The second kappa shape index (κ2) is 30.7. The number of nitrogens with one attached hydrogen (secondary N) is 1. The molecule has 96 heavy (non-hydrogen) atoms. The minimum absolute atomic E-state index is 0.000352. The van der Waals surface area contributed by atoms with Gasteiger partial charge in [-0.2, -0.15) is 0 Å². The quantitative estimate of drug-likeness (QED) is 0.0560. The third-order valence-electron chi connectivity index (χ3n) is 20.8. The van der Waals surface area contributed by atoms with Crippen LogP contribution in [-0.4, -0.2) is 132 Å². The lowest BCUT2D eigenvalue weighted by Crippen LogP contribution is -2.52. The first-order valence-electron chi connectivity index (χ1n) is 33.6. The second-order valence-corrected chi connectivity index (χ2v) is 37.2. The van der Waals surface area contributed by atoms with E-state index in [2.05, 4.69) is 5.32 Å². The minimum atomic E-state index is -1.26. The van der Waals surface area contributed by atoms with Gasteiger partial charge in [0.2, 0.25) is 11.8 Å². The molecular formula is C72H92F9N5O7S3. The Hall–Kier alpha value is -5.30. The fraction of sp³-hybridized carbons (Fsp3) is 0.611. The fourth-order valence-corrected chi connectivity index (χ4v) is 19.5. The van der Waals surface area contributed by atoms with E-state index >= 15 is 0 Å². The minimum Gasteiger partial charge on any atom is -0.336 e. The predicted molar refractivity (Wildman–Crippen MR) is 355 cm³/mol. The lowest BCUT2D eigenvalue weighted by atomic mass is 9.78. The largest absolute Gasteiger partial charge is 0.336 e. The number of halogens is 9. The van der Waals surface area contributed by atoms with Gasteiger partial charge in [0.15, 0.2) is 34.9 Å². The summed E-state index contributed by atoms with van der Waals surface area (Å²) >= 11 is 0. The second-order valence-electron chi connectivity index (χ2n) is 30.5. The molecule has 12 nitrogen and oxygen atoms in total. The number of hydrogen-bond donors (Lipinski definition) is 2. The van der Waals surface area contributed by atoms with Gasteiger partial charge in [-0.3, -0.25) is 36.7 Å². The Morgan fingerprint density at radius 1 is 0.458 bits per heavy atom. The van der Waals surface area contributed by atoms with Crippen LogP contribution in [0.5, 0.6) is 0 Å². The van der Waals surface area contributed by atoms with Gasteiger partial charge in [-0.15, -0.1) is 0 Å². The van der Waals surface area contributed by atoms with E-state index in [1.807, 2.05) is 67.2 Å². The number of carbonyl (C=O) groups is 4. The van der Waals surface area contributed by atoms with Gasteiger partial charge in [-0.25, -0.2) is 39.5 Å². The van der Waals surface area contributed by atoms with Crippen LogP contribution < -0.4 is 11.1 Å². The molecule has 7 aliphatic rings. The van der Waals surface area contributed by atoms with Crippen molar-refractivity contribution in [3.8, 4) is 0 Å². The van der Waals surface area contributed by atoms with Crippen molar-refractivity contribution < 1.29 is 71.3 Å². The Kier molecular flexibility index (Phi) is 23.9. The average Bonchev–Trinajstić information content (AvgIpc) is 1.61. The molecule has 4 aromatic rings. The van der Waals surface area contributed by atoms with Gasteiger partial charge in [-0.1, -0.05) is 12.1 Å². The summed E-state index contributed by atoms with van der Waals surface area (Å²) in [6.45, 7) is 16.7. The summed E-state index contributed by atoms with van der Waals surface area (Å²) in [7, 11) is -3.51. The number of piperidine rings is 3. The summed E-state index contributed by atoms with van der Waals surface area (Å²) in [5.41, 5.74) is 6.50. The lowest BCUT2D eigenvalue weighted by molar-refractivity contribution is -0.137. The van der Waals surface area contributed by atoms with E-state index in [1.165, 1.54) is 0 Å². The molecule has 7 aliphatic heterocycles. The standard InChI is InChI=1S/C30H33F3N2O4S.C22H31F3N2O2S.C20H28F3NOS/c1-30(2,3)40(39)16-19(10-18-13-25(32)26(33)14-24(18)31)17-11-20-8-9-21(12-17)35(20)27(36)15-34-28(37)22-6-4-5-7-23(22)29(34)38;1-22(2,3)30(29)12-15(6-14-9-19(24)20(25)10-18(14)23)13-7-16-4-5-17(8-13)27(16)21(28)11-26;1-20(2,3)26(25)11-14(12-7-15-4-5-16(8-12)24-15)6-13-9-18(22)19(23)10-17(13)21/h4-7,13-14,17,19-21H,8-12,15-16H2,1-3H3;9-10,13,15-17H,4-8,11-12,26H2,1-3H3;9-10,12,14-16,24H,4-8,11H2,1-3H3/t17?,19-,20-,21+,40+;13?,15-,16-,17+,30+;12?,14-,15-,16+,26+/m000/s1. The third-order valence-corrected chi connectivity index (χ3v) is 27.1. The van der Waals surface area contributed by atoms with Gasteiger partial charge in [0.25, 0.3) is 11.8 Å². The number of nitrogens with two attached hydrogens (primary N) is 1. The Morgan fingerprint density at radius 2 is 0.750 bits per heavy atom. The maximum absolute atomic E-state index is 14.6. The van der Waals surface area contributed by atoms with E-state index < -0.39 is 106 Å². The third kappa shape index (κ3) is 17.6. The van der Waals surface area contributed by atoms with Gasteiger partial charge < -0.3 is 20.9 Å². The van der Waals surface area contributed by atoms with Crippen molar-refractivity contribution in [2.75, 3.05) is 30.3 Å². The van der Waals surface area contributed by atoms with E-state index in [1.54, 1.807) is 29.2 Å². The van der Waals surface area contributed by atoms with E-state index in [0.29, 0.717) is 78.1 Å². The van der Waals surface area contributed by atoms with Crippen LogP contribution in [0.25, 0.3) is 0 Å². The zero-order valence-corrected chi connectivity index (χ0v) is 58.7. The average molecular weight is 1410 g/mol. The Balaban J connectivity index is 0.000000174. The molecular weight excluding hydrogens is 1310 g/mol. The number of rotatable bonds is 18. The van der Waals surface area contributed by atoms with Crippen molar-refractivity contribution >= 4 is 56.0 Å². The molecule has 4 aromatic carbocycles. The molecule has 11 rings (SSSR count). The van der Waals surface area contributed by atoms with E-state index in [9.17, 15) is 71.3 Å². The Bertz CT molecular complexity index is 3540. The summed E-state index contributed by atoms with van der Waals surface area (Å²) in [6.07, 6.45) is 10.8. The van der Waals surface area contributed by atoms with Crippen LogP contribution in [0.2, 0.25) is 0 Å². The van der Waals surface area contributed by atoms with Crippen molar-refractivity contribution in [1.29, 1.82) is 0 Å². The maximum atomic E-state index is 14.6. The number of hydrogen-bond acceptors (Lipinski definition) is 9. The molecule has 3 unspecified atom stereocenters. The van der Waals surface area contributed by atoms with Gasteiger partial charge >= 0.3 is 0 Å². The topological polar surface area (TPSA) is 167 Å². The zero-order chi connectivity index (χ0) is 70.2. The predicted octanol–water partition coefficient (Wildman–Crippen LogP) is 12.8. The highest BCUT2D eigenvalue weighted by Gasteiger charge is 2.49. The van der Waals surface area contributed by atoms with E-state index in [-0.39, 0.29) is 119 Å². The summed E-state index contributed by atoms with van der Waals surface area (Å²) in [4.78, 5) is 56.0. The molecule has 15 atom stereocenters. The molecule has 7 heterocycles. The summed E-state index contributed by atoms with van der Waals surface area (Å²) in [5, 5.41) is 3.59. The number of benzene rings is 4. The van der Waals surface area contributed by atoms with Crippen molar-refractivity contribution in [2.45, 2.75) is 209 Å². The molecule has 4 amide bonds. The molecule has 6 bridgehead atoms. The summed E-state index contributed by atoms with van der Waals surface area (Å²) in [5.74, 6) is -9.36. The van der Waals surface area contributed by atoms with Crippen LogP contribution in [0, 0.1) is 87.9 Å². The molecule has 0 spiro atoms. The first-order chi connectivity index (χ1) is 45.0. The number of nitrogens with zero attached hydrogens (tertiary/aromatic N) is 3. The zero-order valence-electron chi connectivity index (χ0n) is 56.2. The molecule has 24 heteroatoms. The Morgan fingerprint density at radius 3 is 1.05 bits per heavy atom. The maximum Gasteiger partial charge on any atom is 0.262 e. The van der Waals surface area contributed by atoms with Crippen LogP contribution in [0.1, 0.15) is 177 Å². The SMILES string of the molecule is CC(C)(C)[S@](=O)C[C@H](Cc1cc(F)c(F)cc1F)C1C[C@H]2CC[C@@H](C1)N2.CC(C)(C)[S@](=O)C[C@H](Cc1cc(F)c(F)cc1F)C1C[C@H]2CC[C@@H](C1)N2C(=O)CN.CC(C)(C)[S@](=O)C[C@H](Cc1cc(F)c(F)cc1F)C1C[C@H]2CC[C@@H](C1)N2C(=O)CN1C(=O)c2ccccc2C1=O. The van der Waals surface area contributed by atoms with Crippen molar-refractivity contribution in [1.82, 2.24) is 20.0 Å². The molecule has 0 saturated carbocycles. The number of amides is 4. The van der Waals surface area contributed by atoms with Crippen molar-refractivity contribution in [3.05, 3.63) is 141 Å². The monoisotopic (exact) mass is 1410 g/mol. The molecule has 6 fully saturated rings. The number of carbonyl (C=O) groups excluding carboxylic acids is 4. The normalized spacial score (nSPS) is 25.7. The highest BCUT2D eigenvalue weighted by molar-refractivity contribution is 7.86. The summed E-state index contributed by atoms with van der Waals surface area (Å²) in [6, 6.07) is 11.9. The van der Waals surface area contributed by atoms with Gasteiger partial charge in [0, 0.05) is 118 Å². The number of fused-ring (bicyclic) bond motifs is 7. The molecule has 6 saturated heterocycles. The molecule has 0 radical (unpaired) electrons. The first kappa shape index (κ1) is 74.9. The first-order valence-corrected chi connectivity index (χ1v) is 37.5. The van der Waals surface area contributed by atoms with E-state index in [0.717, 1.165) is 87.3 Å². The molecule has 3 N–H and O–H groups in total. The molecule has 0 aromatic heterocycles. The number of imide groups is 1. The molecule has 0 aliphatic carbocycles. The van der Waals surface area contributed by atoms with Crippen molar-refractivity contribution in [3.63, 3.8) is 0 Å². The van der Waals surface area contributed by atoms with Gasteiger partial charge in [0.05, 0.1) is 17.7 Å². The van der Waals surface area contributed by atoms with Crippen LogP contribution >= 0.6 is 0 Å². The highest BCUT2D eigenvalue weighted by atomic mass is 32.2. The Labute approximate surface area is 566 Å². The van der Waals surface area contributed by atoms with E-state index in [4.69, 9.17) is 5.73 Å². The summed E-state index contributed by atoms with van der Waals surface area (Å²) < 4.78 is 162. The lowest BCUT2D eigenvalue weighted by Gasteiger charge is -2.42. The van der Waals surface area contributed by atoms with Gasteiger partial charge in [-0.05, 0) is 241 Å². The fourth-order valence-electron chi connectivity index (χ4n) is 15.6. The highest BCUT2D eigenvalue weighted by Crippen LogP contribution is 2.46. The van der Waals surface area contributed by atoms with Crippen LogP contribution in [0.4, 0.5) is 39.5 Å². The van der Waals surface area contributed by atoms with Gasteiger partial charge in [0.1, 0.15) is 24.0 Å². The molecule has 528 valence electrons. The van der Waals surface area contributed by atoms with Crippen molar-refractivity contribution in [2.24, 2.45) is 41.2 Å². The van der Waals surface area contributed by atoms with Crippen LogP contribution in [0.15, 0.2) is 60.7 Å². The smallest absolute Gasteiger partial charge is 0.262 e.